The summed E-state index contributed by atoms with van der Waals surface area (Å²) in [6, 6.07) is 0. The third kappa shape index (κ3) is 6.19. The van der Waals surface area contributed by atoms with Crippen molar-refractivity contribution in [3.8, 4) is 0 Å². The molecule has 2 rings (SSSR count). The van der Waals surface area contributed by atoms with E-state index >= 15 is 0 Å². The number of aromatic amines is 1. The summed E-state index contributed by atoms with van der Waals surface area (Å²) >= 11 is 0. The molecule has 0 aromatic carbocycles. The zero-order valence-corrected chi connectivity index (χ0v) is 19.5. The Morgan fingerprint density at radius 2 is 1.87 bits per heavy atom. The van der Waals surface area contributed by atoms with Crippen LogP contribution in [-0.4, -0.2) is 54.1 Å². The zero-order valence-electron chi connectivity index (χ0n) is 18.7. The fourth-order valence-corrected chi connectivity index (χ4v) is 4.81. The zero-order chi connectivity index (χ0) is 23.2. The maximum Gasteiger partial charge on any atom is 0.330 e. The number of carbonyl (C=O) groups is 1. The molecule has 2 heterocycles. The number of nitrogens with two attached hydrogens (primary N) is 1. The van der Waals surface area contributed by atoms with Crippen molar-refractivity contribution in [3.05, 3.63) is 20.8 Å². The van der Waals surface area contributed by atoms with Crippen LogP contribution < -0.4 is 21.9 Å². The first-order valence-electron chi connectivity index (χ1n) is 11.0. The molecule has 1 fully saturated rings. The summed E-state index contributed by atoms with van der Waals surface area (Å²) in [5.74, 6) is -0.926. The van der Waals surface area contributed by atoms with E-state index in [1.165, 1.54) is 13.8 Å². The van der Waals surface area contributed by atoms with Gasteiger partial charge in [0.25, 0.3) is 5.56 Å². The lowest BCUT2D eigenvalue weighted by Crippen LogP contribution is -2.49. The highest BCUT2D eigenvalue weighted by Gasteiger charge is 2.34. The lowest BCUT2D eigenvalue weighted by molar-refractivity contribution is -0.123. The Morgan fingerprint density at radius 1 is 1.19 bits per heavy atom. The number of sulfonamides is 1. The van der Waals surface area contributed by atoms with Crippen molar-refractivity contribution in [2.45, 2.75) is 65.3 Å². The van der Waals surface area contributed by atoms with Gasteiger partial charge in [-0.3, -0.25) is 19.1 Å². The highest BCUT2D eigenvalue weighted by atomic mass is 32.2. The average molecular weight is 458 g/mol. The highest BCUT2D eigenvalue weighted by molar-refractivity contribution is 7.88. The lowest BCUT2D eigenvalue weighted by atomic mass is 9.97. The molecule has 31 heavy (non-hydrogen) atoms. The van der Waals surface area contributed by atoms with Gasteiger partial charge in [0.05, 0.1) is 12.2 Å². The summed E-state index contributed by atoms with van der Waals surface area (Å²) in [6.45, 7) is 5.08. The maximum atomic E-state index is 13.5. The van der Waals surface area contributed by atoms with Crippen LogP contribution in [0.15, 0.2) is 9.59 Å². The molecular weight excluding hydrogens is 422 g/mol. The van der Waals surface area contributed by atoms with Gasteiger partial charge in [0.1, 0.15) is 5.82 Å². The van der Waals surface area contributed by atoms with Crippen molar-refractivity contribution in [2.24, 2.45) is 5.92 Å². The summed E-state index contributed by atoms with van der Waals surface area (Å²) in [7, 11) is -3.42. The van der Waals surface area contributed by atoms with Crippen molar-refractivity contribution < 1.29 is 13.2 Å². The molecule has 3 N–H and O–H groups in total. The van der Waals surface area contributed by atoms with Gasteiger partial charge in [0.15, 0.2) is 5.69 Å². The van der Waals surface area contributed by atoms with Gasteiger partial charge in [-0.25, -0.2) is 17.5 Å². The van der Waals surface area contributed by atoms with Crippen LogP contribution in [0.2, 0.25) is 0 Å². The Balaban J connectivity index is 2.45. The molecule has 1 aromatic rings. The number of nitrogen functional groups attached to an aromatic ring is 1. The fraction of sp³-hybridized carbons (Fsp3) is 0.750. The molecule has 1 aliphatic heterocycles. The van der Waals surface area contributed by atoms with Gasteiger partial charge >= 0.3 is 5.69 Å². The Bertz CT molecular complexity index is 985. The van der Waals surface area contributed by atoms with E-state index < -0.39 is 27.2 Å². The third-order valence-corrected chi connectivity index (χ3v) is 6.94. The molecule has 0 aliphatic carbocycles. The Kier molecular flexibility index (Phi) is 8.87. The first kappa shape index (κ1) is 25.1. The van der Waals surface area contributed by atoms with Crippen molar-refractivity contribution in [1.29, 1.82) is 0 Å². The molecule has 1 aromatic heterocycles. The van der Waals surface area contributed by atoms with Crippen molar-refractivity contribution in [2.75, 3.05) is 36.5 Å². The summed E-state index contributed by atoms with van der Waals surface area (Å²) in [6.07, 6.45) is 6.21. The standard InChI is InChI=1S/C20H35N5O5S/c1-4-6-8-13-24(19(27)15-10-9-11-23(14-15)31(3,29)30)16-17(21)25(12-7-5-2)20(28)22-18(16)26/h15H,4-14,21H2,1-3H3,(H,22,26,28). The SMILES string of the molecule is CCCCCN(C(=O)C1CCCN(S(C)(=O)=O)C1)c1c(N)n(CCCC)c(=O)[nH]c1=O. The van der Waals surface area contributed by atoms with Crippen LogP contribution in [0.5, 0.6) is 0 Å². The van der Waals surface area contributed by atoms with Crippen LogP contribution in [0.3, 0.4) is 0 Å². The number of hydrogen-bond acceptors (Lipinski definition) is 6. The molecular formula is C20H35N5O5S. The molecule has 1 amide bonds. The second-order valence-corrected chi connectivity index (χ2v) is 10.1. The molecule has 1 unspecified atom stereocenters. The summed E-state index contributed by atoms with van der Waals surface area (Å²) in [4.78, 5) is 42.1. The van der Waals surface area contributed by atoms with Gasteiger partial charge in [-0.1, -0.05) is 33.1 Å². The van der Waals surface area contributed by atoms with Gasteiger partial charge in [-0.2, -0.15) is 0 Å². The van der Waals surface area contributed by atoms with Crippen LogP contribution in [0, 0.1) is 5.92 Å². The van der Waals surface area contributed by atoms with Crippen molar-refractivity contribution >= 4 is 27.4 Å². The maximum absolute atomic E-state index is 13.5. The Morgan fingerprint density at radius 3 is 2.48 bits per heavy atom. The molecule has 1 saturated heterocycles. The fourth-order valence-electron chi connectivity index (χ4n) is 3.89. The largest absolute Gasteiger partial charge is 0.383 e. The summed E-state index contributed by atoms with van der Waals surface area (Å²) in [5.41, 5.74) is 4.92. The van der Waals surface area contributed by atoms with Gasteiger partial charge in [-0.15, -0.1) is 0 Å². The number of rotatable bonds is 10. The van der Waals surface area contributed by atoms with Crippen LogP contribution >= 0.6 is 0 Å². The van der Waals surface area contributed by atoms with E-state index in [1.807, 2.05) is 13.8 Å². The van der Waals surface area contributed by atoms with Crippen molar-refractivity contribution in [1.82, 2.24) is 13.9 Å². The number of nitrogens with one attached hydrogen (secondary N) is 1. The quantitative estimate of drug-likeness (QED) is 0.505. The molecule has 176 valence electrons. The molecule has 0 spiro atoms. The minimum absolute atomic E-state index is 0.0201. The molecule has 0 radical (unpaired) electrons. The summed E-state index contributed by atoms with van der Waals surface area (Å²) in [5, 5.41) is 0. The highest BCUT2D eigenvalue weighted by Crippen LogP contribution is 2.25. The minimum atomic E-state index is -3.42. The monoisotopic (exact) mass is 457 g/mol. The van der Waals surface area contributed by atoms with Crippen LogP contribution in [-0.2, 0) is 21.4 Å². The predicted molar refractivity (Wildman–Crippen MR) is 122 cm³/mol. The third-order valence-electron chi connectivity index (χ3n) is 5.67. The number of H-pyrrole nitrogens is 1. The Hall–Kier alpha value is -2.14. The topological polar surface area (TPSA) is 139 Å². The van der Waals surface area contributed by atoms with E-state index in [2.05, 4.69) is 4.98 Å². The second kappa shape index (κ2) is 10.9. The van der Waals surface area contributed by atoms with E-state index in [0.717, 1.165) is 25.5 Å². The number of unbranched alkanes of at least 4 members (excludes halogenated alkanes) is 3. The van der Waals surface area contributed by atoms with E-state index in [1.54, 1.807) is 0 Å². The average Bonchev–Trinajstić information content (AvgIpc) is 2.71. The molecule has 0 bridgehead atoms. The van der Waals surface area contributed by atoms with E-state index in [-0.39, 0.29) is 30.5 Å². The lowest BCUT2D eigenvalue weighted by Gasteiger charge is -2.34. The second-order valence-electron chi connectivity index (χ2n) is 8.16. The molecule has 1 atom stereocenters. The first-order valence-corrected chi connectivity index (χ1v) is 12.9. The van der Waals surface area contributed by atoms with E-state index in [0.29, 0.717) is 38.8 Å². The molecule has 1 aliphatic rings. The number of carbonyl (C=O) groups excluding carboxylic acids is 1. The smallest absolute Gasteiger partial charge is 0.330 e. The van der Waals surface area contributed by atoms with Gasteiger partial charge in [-0.05, 0) is 25.7 Å². The number of piperidine rings is 1. The van der Waals surface area contributed by atoms with E-state index in [9.17, 15) is 22.8 Å². The first-order chi connectivity index (χ1) is 14.6. The van der Waals surface area contributed by atoms with Crippen LogP contribution in [0.25, 0.3) is 0 Å². The molecule has 11 heteroatoms. The minimum Gasteiger partial charge on any atom is -0.383 e. The van der Waals surface area contributed by atoms with Gasteiger partial charge in [0, 0.05) is 26.2 Å². The van der Waals surface area contributed by atoms with Crippen LogP contribution in [0.1, 0.15) is 58.8 Å². The molecule has 0 saturated carbocycles. The van der Waals surface area contributed by atoms with Crippen molar-refractivity contribution in [3.63, 3.8) is 0 Å². The van der Waals surface area contributed by atoms with E-state index in [4.69, 9.17) is 5.73 Å². The molecule has 10 nitrogen and oxygen atoms in total. The van der Waals surface area contributed by atoms with Crippen LogP contribution in [0.4, 0.5) is 11.5 Å². The predicted octanol–water partition coefficient (Wildman–Crippen LogP) is 1.11. The Labute approximate surface area is 183 Å². The summed E-state index contributed by atoms with van der Waals surface area (Å²) < 4.78 is 26.6. The number of amides is 1. The number of aromatic nitrogens is 2. The number of anilines is 2. The van der Waals surface area contributed by atoms with Gasteiger partial charge < -0.3 is 10.6 Å². The normalized spacial score (nSPS) is 17.6. The number of hydrogen-bond donors (Lipinski definition) is 2. The number of nitrogens with zero attached hydrogens (tertiary/aromatic N) is 3. The van der Waals surface area contributed by atoms with Gasteiger partial charge in [0.2, 0.25) is 15.9 Å².